The van der Waals surface area contributed by atoms with Crippen LogP contribution in [0, 0.1) is 5.82 Å². The summed E-state index contributed by atoms with van der Waals surface area (Å²) in [6.07, 6.45) is 5.55. The molecule has 0 saturated heterocycles. The Morgan fingerprint density at radius 2 is 1.85 bits per heavy atom. The van der Waals surface area contributed by atoms with Crippen molar-refractivity contribution in [3.63, 3.8) is 0 Å². The van der Waals surface area contributed by atoms with Crippen LogP contribution in [0.3, 0.4) is 0 Å². The summed E-state index contributed by atoms with van der Waals surface area (Å²) in [6.45, 7) is 0.213. The van der Waals surface area contributed by atoms with Crippen LogP contribution in [-0.2, 0) is 17.8 Å². The Morgan fingerprint density at radius 3 is 2.65 bits per heavy atom. The van der Waals surface area contributed by atoms with Crippen LogP contribution in [0.1, 0.15) is 12.0 Å². The van der Waals surface area contributed by atoms with Gasteiger partial charge in [-0.15, -0.1) is 0 Å². The van der Waals surface area contributed by atoms with Gasteiger partial charge < -0.3 is 8.97 Å². The van der Waals surface area contributed by atoms with Gasteiger partial charge in [0.25, 0.3) is 5.56 Å². The number of ketones is 1. The third kappa shape index (κ3) is 2.90. The lowest BCUT2D eigenvalue weighted by molar-refractivity contribution is -0.118. The van der Waals surface area contributed by atoms with Crippen LogP contribution in [0.4, 0.5) is 4.39 Å². The first-order chi connectivity index (χ1) is 12.6. The Balaban J connectivity index is 1.69. The van der Waals surface area contributed by atoms with Crippen molar-refractivity contribution >= 4 is 22.3 Å². The first kappa shape index (κ1) is 16.2. The first-order valence-electron chi connectivity index (χ1n) is 8.33. The maximum atomic E-state index is 13.8. The van der Waals surface area contributed by atoms with E-state index in [0.29, 0.717) is 11.0 Å². The molecular formula is C20H16FN3O2. The Kier molecular flexibility index (Phi) is 4.08. The fourth-order valence-electron chi connectivity index (χ4n) is 3.20. The van der Waals surface area contributed by atoms with E-state index < -0.39 is 5.82 Å². The molecule has 0 aliphatic rings. The number of hydrogen-bond donors (Lipinski definition) is 0. The highest BCUT2D eigenvalue weighted by Crippen LogP contribution is 2.17. The van der Waals surface area contributed by atoms with Gasteiger partial charge in [-0.3, -0.25) is 14.6 Å². The van der Waals surface area contributed by atoms with Crippen molar-refractivity contribution in [3.05, 3.63) is 82.8 Å². The van der Waals surface area contributed by atoms with E-state index in [-0.39, 0.29) is 30.7 Å². The summed E-state index contributed by atoms with van der Waals surface area (Å²) >= 11 is 0. The van der Waals surface area contributed by atoms with Crippen molar-refractivity contribution in [1.82, 2.24) is 14.0 Å². The molecule has 26 heavy (non-hydrogen) atoms. The molecule has 0 saturated carbocycles. The quantitative estimate of drug-likeness (QED) is 0.557. The van der Waals surface area contributed by atoms with E-state index in [0.717, 1.165) is 11.1 Å². The van der Waals surface area contributed by atoms with Gasteiger partial charge in [0.2, 0.25) is 0 Å². The predicted octanol–water partition coefficient (Wildman–Crippen LogP) is 2.99. The highest BCUT2D eigenvalue weighted by Gasteiger charge is 2.13. The van der Waals surface area contributed by atoms with Crippen molar-refractivity contribution in [2.75, 3.05) is 0 Å². The van der Waals surface area contributed by atoms with Crippen molar-refractivity contribution in [3.8, 4) is 0 Å². The lowest BCUT2D eigenvalue weighted by Gasteiger charge is -2.12. The smallest absolute Gasteiger partial charge is 0.275 e. The first-order valence-corrected chi connectivity index (χ1v) is 8.33. The lowest BCUT2D eigenvalue weighted by Crippen LogP contribution is -2.24. The SMILES string of the molecule is O=C(CCn1c(=O)c2cccn2c2ccc(F)cc21)Cc1ccncc1. The number of halogens is 1. The van der Waals surface area contributed by atoms with E-state index >= 15 is 0 Å². The summed E-state index contributed by atoms with van der Waals surface area (Å²) in [4.78, 5) is 29.0. The molecule has 0 bridgehead atoms. The second kappa shape index (κ2) is 6.55. The van der Waals surface area contributed by atoms with E-state index in [1.807, 2.05) is 0 Å². The Morgan fingerprint density at radius 1 is 1.04 bits per heavy atom. The summed E-state index contributed by atoms with van der Waals surface area (Å²) in [5, 5.41) is 0. The number of Topliss-reactive ketones (excluding diaryl/α,β-unsaturated/α-hetero) is 1. The van der Waals surface area contributed by atoms with E-state index in [1.165, 1.54) is 16.7 Å². The molecule has 0 atom stereocenters. The van der Waals surface area contributed by atoms with Crippen molar-refractivity contribution in [1.29, 1.82) is 0 Å². The number of fused-ring (bicyclic) bond motifs is 3. The van der Waals surface area contributed by atoms with Gasteiger partial charge >= 0.3 is 0 Å². The second-order valence-corrected chi connectivity index (χ2v) is 6.17. The zero-order valence-electron chi connectivity index (χ0n) is 13.9. The van der Waals surface area contributed by atoms with Gasteiger partial charge in [0.1, 0.15) is 17.1 Å². The fourth-order valence-corrected chi connectivity index (χ4v) is 3.20. The number of rotatable bonds is 5. The van der Waals surface area contributed by atoms with Gasteiger partial charge in [-0.05, 0) is 48.0 Å². The largest absolute Gasteiger partial charge is 0.310 e. The number of aromatic nitrogens is 3. The van der Waals surface area contributed by atoms with Gasteiger partial charge in [0.15, 0.2) is 0 Å². The average Bonchev–Trinajstić information content (AvgIpc) is 3.12. The average molecular weight is 349 g/mol. The van der Waals surface area contributed by atoms with E-state index in [4.69, 9.17) is 0 Å². The number of pyridine rings is 1. The molecule has 5 nitrogen and oxygen atoms in total. The maximum Gasteiger partial charge on any atom is 0.275 e. The van der Waals surface area contributed by atoms with Crippen LogP contribution >= 0.6 is 0 Å². The summed E-state index contributed by atoms with van der Waals surface area (Å²) in [5.74, 6) is -0.400. The zero-order valence-corrected chi connectivity index (χ0v) is 13.9. The summed E-state index contributed by atoms with van der Waals surface area (Å²) in [6, 6.07) is 11.4. The molecule has 130 valence electrons. The Labute approximate surface area is 148 Å². The van der Waals surface area contributed by atoms with Gasteiger partial charge in [-0.25, -0.2) is 4.39 Å². The Hall–Kier alpha value is -3.28. The summed E-state index contributed by atoms with van der Waals surface area (Å²) < 4.78 is 17.0. The lowest BCUT2D eigenvalue weighted by atomic mass is 10.1. The van der Waals surface area contributed by atoms with Crippen LogP contribution in [0.15, 0.2) is 65.8 Å². The Bertz CT molecular complexity index is 1160. The molecule has 0 aliphatic heterocycles. The third-order valence-corrected chi connectivity index (χ3v) is 4.47. The number of nitrogens with zero attached hydrogens (tertiary/aromatic N) is 3. The third-order valence-electron chi connectivity index (χ3n) is 4.47. The highest BCUT2D eigenvalue weighted by atomic mass is 19.1. The fraction of sp³-hybridized carbons (Fsp3) is 0.150. The number of carbonyl (C=O) groups excluding carboxylic acids is 1. The van der Waals surface area contributed by atoms with Gasteiger partial charge in [-0.1, -0.05) is 0 Å². The topological polar surface area (TPSA) is 56.4 Å². The molecule has 0 amide bonds. The van der Waals surface area contributed by atoms with Crippen LogP contribution in [0.2, 0.25) is 0 Å². The number of carbonyl (C=O) groups is 1. The molecular weight excluding hydrogens is 333 g/mol. The minimum atomic E-state index is -0.416. The molecule has 0 unspecified atom stereocenters. The van der Waals surface area contributed by atoms with Crippen LogP contribution in [0.5, 0.6) is 0 Å². The normalized spacial score (nSPS) is 11.3. The number of hydrogen-bond acceptors (Lipinski definition) is 3. The monoisotopic (exact) mass is 349 g/mol. The van der Waals surface area contributed by atoms with Gasteiger partial charge in [-0.2, -0.15) is 0 Å². The zero-order chi connectivity index (χ0) is 18.1. The highest BCUT2D eigenvalue weighted by molar-refractivity contribution is 5.82. The number of aryl methyl sites for hydroxylation is 1. The number of benzene rings is 1. The molecule has 6 heteroatoms. The molecule has 0 N–H and O–H groups in total. The maximum absolute atomic E-state index is 13.8. The van der Waals surface area contributed by atoms with Crippen LogP contribution in [-0.4, -0.2) is 19.7 Å². The van der Waals surface area contributed by atoms with Gasteiger partial charge in [0.05, 0.1) is 11.0 Å². The van der Waals surface area contributed by atoms with Crippen molar-refractivity contribution < 1.29 is 9.18 Å². The summed E-state index contributed by atoms with van der Waals surface area (Å²) in [7, 11) is 0. The van der Waals surface area contributed by atoms with E-state index in [1.54, 1.807) is 53.3 Å². The molecule has 0 aliphatic carbocycles. The minimum absolute atomic E-state index is 0.0166. The molecule has 3 heterocycles. The van der Waals surface area contributed by atoms with Crippen LogP contribution < -0.4 is 5.56 Å². The minimum Gasteiger partial charge on any atom is -0.310 e. The van der Waals surface area contributed by atoms with Crippen LogP contribution in [0.25, 0.3) is 16.6 Å². The molecule has 1 aromatic carbocycles. The molecule has 0 spiro atoms. The molecule has 0 fully saturated rings. The van der Waals surface area contributed by atoms with Gasteiger partial charge in [0, 0.05) is 38.0 Å². The van der Waals surface area contributed by atoms with Crippen molar-refractivity contribution in [2.45, 2.75) is 19.4 Å². The molecule has 3 aromatic heterocycles. The van der Waals surface area contributed by atoms with Crippen molar-refractivity contribution in [2.24, 2.45) is 0 Å². The van der Waals surface area contributed by atoms with E-state index in [9.17, 15) is 14.0 Å². The molecule has 4 aromatic rings. The van der Waals surface area contributed by atoms with E-state index in [2.05, 4.69) is 4.98 Å². The standard InChI is InChI=1S/C20H16FN3O2/c21-15-3-4-17-19(13-15)24(20(26)18-2-1-10-23(17)18)11-7-16(25)12-14-5-8-22-9-6-14/h1-6,8-10,13H,7,11-12H2. The predicted molar refractivity (Wildman–Crippen MR) is 96.7 cm³/mol. The molecule has 0 radical (unpaired) electrons. The molecule has 4 rings (SSSR count). The second-order valence-electron chi connectivity index (χ2n) is 6.17. The summed E-state index contributed by atoms with van der Waals surface area (Å²) in [5.41, 5.74) is 2.37.